The highest BCUT2D eigenvalue weighted by Gasteiger charge is 2.21. The Kier molecular flexibility index (Phi) is 5.69. The fraction of sp³-hybridized carbons (Fsp3) is 0.929. The molecule has 0 spiro atoms. The van der Waals surface area contributed by atoms with Crippen molar-refractivity contribution in [2.75, 3.05) is 6.54 Å². The molecule has 1 fully saturated rings. The fourth-order valence-corrected chi connectivity index (χ4v) is 3.95. The minimum Gasteiger partial charge on any atom is -0.362 e. The van der Waals surface area contributed by atoms with Gasteiger partial charge >= 0.3 is 0 Å². The summed E-state index contributed by atoms with van der Waals surface area (Å²) in [5.41, 5.74) is 0. The topological polar surface area (TPSA) is 24.4 Å². The van der Waals surface area contributed by atoms with Crippen LogP contribution in [-0.4, -0.2) is 23.0 Å². The third kappa shape index (κ3) is 4.53. The minimum absolute atomic E-state index is 0.696. The van der Waals surface area contributed by atoms with E-state index in [0.29, 0.717) is 6.04 Å². The summed E-state index contributed by atoms with van der Waals surface area (Å²) in [5.74, 6) is 0. The molecule has 0 aromatic heterocycles. The van der Waals surface area contributed by atoms with Crippen LogP contribution in [0.15, 0.2) is 4.99 Å². The summed E-state index contributed by atoms with van der Waals surface area (Å²) in [4.78, 5) is 4.65. The summed E-state index contributed by atoms with van der Waals surface area (Å²) < 4.78 is 0. The van der Waals surface area contributed by atoms with Crippen LogP contribution in [0.5, 0.6) is 0 Å². The monoisotopic (exact) mass is 254 g/mol. The quantitative estimate of drug-likeness (QED) is 0.824. The van der Waals surface area contributed by atoms with Gasteiger partial charge in [0.1, 0.15) is 0 Å². The van der Waals surface area contributed by atoms with E-state index in [1.54, 1.807) is 0 Å². The van der Waals surface area contributed by atoms with Gasteiger partial charge in [-0.2, -0.15) is 0 Å². The lowest BCUT2D eigenvalue weighted by Gasteiger charge is -2.21. The molecule has 1 aliphatic carbocycles. The van der Waals surface area contributed by atoms with E-state index in [-0.39, 0.29) is 0 Å². The maximum absolute atomic E-state index is 4.65. The molecule has 3 heteroatoms. The Morgan fingerprint density at radius 1 is 1.18 bits per heavy atom. The first-order valence-corrected chi connectivity index (χ1v) is 8.24. The van der Waals surface area contributed by atoms with Crippen LogP contribution in [0.25, 0.3) is 0 Å². The molecular weight excluding hydrogens is 228 g/mol. The second-order valence-electron chi connectivity index (χ2n) is 5.36. The van der Waals surface area contributed by atoms with Crippen LogP contribution >= 0.6 is 11.8 Å². The molecular formula is C14H26N2S. The number of hydrogen-bond donors (Lipinski definition) is 1. The molecule has 1 saturated carbocycles. The van der Waals surface area contributed by atoms with Gasteiger partial charge in [-0.25, -0.2) is 0 Å². The van der Waals surface area contributed by atoms with Gasteiger partial charge in [-0.15, -0.1) is 0 Å². The van der Waals surface area contributed by atoms with Crippen LogP contribution in [0.3, 0.4) is 0 Å². The first-order chi connectivity index (χ1) is 8.38. The van der Waals surface area contributed by atoms with Gasteiger partial charge in [0.15, 0.2) is 5.17 Å². The molecule has 0 radical (unpaired) electrons. The van der Waals surface area contributed by atoms with Crippen molar-refractivity contribution in [2.24, 2.45) is 4.99 Å². The Morgan fingerprint density at radius 3 is 2.59 bits per heavy atom. The molecule has 1 heterocycles. The second kappa shape index (κ2) is 7.30. The minimum atomic E-state index is 0.696. The summed E-state index contributed by atoms with van der Waals surface area (Å²) in [6.45, 7) is 3.30. The van der Waals surface area contributed by atoms with Gasteiger partial charge in [-0.05, 0) is 19.3 Å². The molecule has 1 unspecified atom stereocenters. The summed E-state index contributed by atoms with van der Waals surface area (Å²) in [6, 6.07) is 0.696. The van der Waals surface area contributed by atoms with Gasteiger partial charge < -0.3 is 5.32 Å². The van der Waals surface area contributed by atoms with Crippen LogP contribution in [-0.2, 0) is 0 Å². The molecule has 17 heavy (non-hydrogen) atoms. The lowest BCUT2D eigenvalue weighted by atomic mass is 9.97. The molecule has 0 aromatic carbocycles. The van der Waals surface area contributed by atoms with Crippen molar-refractivity contribution in [3.8, 4) is 0 Å². The van der Waals surface area contributed by atoms with Crippen LogP contribution in [0.1, 0.15) is 64.7 Å². The van der Waals surface area contributed by atoms with Gasteiger partial charge in [0, 0.05) is 11.3 Å². The van der Waals surface area contributed by atoms with Gasteiger partial charge in [0.05, 0.1) is 6.54 Å². The number of nitrogens with zero attached hydrogens (tertiary/aromatic N) is 1. The lowest BCUT2D eigenvalue weighted by molar-refractivity contribution is 0.430. The van der Waals surface area contributed by atoms with E-state index in [9.17, 15) is 0 Å². The predicted octanol–water partition coefficient (Wildman–Crippen LogP) is 3.96. The summed E-state index contributed by atoms with van der Waals surface area (Å²) in [5, 5.41) is 5.66. The molecule has 0 saturated heterocycles. The number of nitrogens with one attached hydrogen (secondary N) is 1. The fourth-order valence-electron chi connectivity index (χ4n) is 2.74. The van der Waals surface area contributed by atoms with Crippen molar-refractivity contribution in [1.82, 2.24) is 5.32 Å². The summed E-state index contributed by atoms with van der Waals surface area (Å²) in [7, 11) is 0. The Hall–Kier alpha value is -0.180. The first kappa shape index (κ1) is 13.3. The van der Waals surface area contributed by atoms with E-state index >= 15 is 0 Å². The molecule has 0 bridgehead atoms. The molecule has 1 N–H and O–H groups in total. The molecule has 1 aliphatic heterocycles. The van der Waals surface area contributed by atoms with E-state index in [4.69, 9.17) is 0 Å². The Labute approximate surface area is 110 Å². The van der Waals surface area contributed by atoms with E-state index < -0.39 is 0 Å². The number of hydrogen-bond acceptors (Lipinski definition) is 3. The zero-order valence-corrected chi connectivity index (χ0v) is 11.9. The largest absolute Gasteiger partial charge is 0.362 e. The average molecular weight is 254 g/mol. The lowest BCUT2D eigenvalue weighted by Crippen LogP contribution is -2.33. The summed E-state index contributed by atoms with van der Waals surface area (Å²) >= 11 is 1.98. The number of aliphatic imine (C=N–C) groups is 1. The van der Waals surface area contributed by atoms with Crippen molar-refractivity contribution in [2.45, 2.75) is 76.0 Å². The standard InChI is InChI=1S/C14H26N2S/c1-2-8-13-11-15-14(17-13)16-12-9-6-4-3-5-7-10-12/h12-13H,2-11H2,1H3,(H,15,16). The first-order valence-electron chi connectivity index (χ1n) is 7.36. The molecule has 1 atom stereocenters. The molecule has 2 nitrogen and oxygen atoms in total. The van der Waals surface area contributed by atoms with Crippen molar-refractivity contribution in [1.29, 1.82) is 0 Å². The zero-order chi connectivity index (χ0) is 11.9. The van der Waals surface area contributed by atoms with E-state index in [0.717, 1.165) is 11.8 Å². The third-order valence-corrected chi connectivity index (χ3v) is 4.95. The van der Waals surface area contributed by atoms with E-state index in [1.807, 2.05) is 11.8 Å². The van der Waals surface area contributed by atoms with Crippen molar-refractivity contribution >= 4 is 16.9 Å². The van der Waals surface area contributed by atoms with Crippen LogP contribution in [0.4, 0.5) is 0 Å². The van der Waals surface area contributed by atoms with Crippen LogP contribution in [0, 0.1) is 0 Å². The Balaban J connectivity index is 1.72. The maximum atomic E-state index is 4.65. The van der Waals surface area contributed by atoms with Gasteiger partial charge in [0.25, 0.3) is 0 Å². The van der Waals surface area contributed by atoms with E-state index in [1.165, 1.54) is 63.0 Å². The highest BCUT2D eigenvalue weighted by atomic mass is 32.2. The molecule has 2 rings (SSSR count). The summed E-state index contributed by atoms with van der Waals surface area (Å²) in [6.07, 6.45) is 12.4. The smallest absolute Gasteiger partial charge is 0.157 e. The molecule has 98 valence electrons. The Morgan fingerprint density at radius 2 is 1.88 bits per heavy atom. The van der Waals surface area contributed by atoms with Crippen LogP contribution < -0.4 is 5.32 Å². The average Bonchev–Trinajstić information content (AvgIpc) is 2.70. The maximum Gasteiger partial charge on any atom is 0.157 e. The highest BCUT2D eigenvalue weighted by molar-refractivity contribution is 8.14. The van der Waals surface area contributed by atoms with E-state index in [2.05, 4.69) is 17.2 Å². The highest BCUT2D eigenvalue weighted by Crippen LogP contribution is 2.25. The number of amidine groups is 1. The number of thioether (sulfide) groups is 1. The van der Waals surface area contributed by atoms with Crippen LogP contribution in [0.2, 0.25) is 0 Å². The SMILES string of the molecule is CCCC1CN=C(NC2CCCCCCC2)S1. The molecule has 2 aliphatic rings. The molecule has 0 amide bonds. The van der Waals surface area contributed by atoms with Crippen molar-refractivity contribution in [3.63, 3.8) is 0 Å². The second-order valence-corrected chi connectivity index (χ2v) is 6.65. The molecule has 0 aromatic rings. The van der Waals surface area contributed by atoms with Gasteiger partial charge in [0.2, 0.25) is 0 Å². The zero-order valence-electron chi connectivity index (χ0n) is 11.1. The van der Waals surface area contributed by atoms with Gasteiger partial charge in [-0.3, -0.25) is 4.99 Å². The third-order valence-electron chi connectivity index (χ3n) is 3.76. The normalized spacial score (nSPS) is 27.4. The Bertz CT molecular complexity index is 245. The van der Waals surface area contributed by atoms with Crippen molar-refractivity contribution < 1.29 is 0 Å². The van der Waals surface area contributed by atoms with Gasteiger partial charge in [-0.1, -0.05) is 57.2 Å². The van der Waals surface area contributed by atoms with Crippen molar-refractivity contribution in [3.05, 3.63) is 0 Å². The predicted molar refractivity (Wildman–Crippen MR) is 77.8 cm³/mol. The number of rotatable bonds is 3.